The van der Waals surface area contributed by atoms with E-state index in [0.29, 0.717) is 28.9 Å². The van der Waals surface area contributed by atoms with Gasteiger partial charge in [-0.1, -0.05) is 11.6 Å². The number of halogens is 2. The lowest BCUT2D eigenvalue weighted by Crippen LogP contribution is -2.01. The Morgan fingerprint density at radius 1 is 1.24 bits per heavy atom. The lowest BCUT2D eigenvalue weighted by atomic mass is 10.3. The molecular weight excluding hydrogens is 305 g/mol. The molecule has 0 unspecified atom stereocenters. The molecule has 0 fully saturated rings. The van der Waals surface area contributed by atoms with Crippen LogP contribution in [0.1, 0.15) is 5.69 Å². The molecule has 6 heteroatoms. The standard InChI is InChI=1S/C11H9BrClN3O/c12-9-5-7(13)1-3-10(9)17-11-4-2-8(6-14)15-16-11/h1-5H,6,14H2. The van der Waals surface area contributed by atoms with Crippen molar-refractivity contribution in [3.8, 4) is 11.6 Å². The maximum atomic E-state index is 5.83. The fraction of sp³-hybridized carbons (Fsp3) is 0.0909. The zero-order chi connectivity index (χ0) is 12.3. The maximum Gasteiger partial charge on any atom is 0.238 e. The Morgan fingerprint density at radius 2 is 2.06 bits per heavy atom. The average Bonchev–Trinajstić information content (AvgIpc) is 2.34. The third-order valence-corrected chi connectivity index (χ3v) is 2.87. The number of rotatable bonds is 3. The molecule has 0 saturated heterocycles. The second kappa shape index (κ2) is 5.44. The first-order valence-electron chi connectivity index (χ1n) is 4.84. The van der Waals surface area contributed by atoms with Gasteiger partial charge in [-0.25, -0.2) is 0 Å². The maximum absolute atomic E-state index is 5.83. The zero-order valence-electron chi connectivity index (χ0n) is 8.73. The summed E-state index contributed by atoms with van der Waals surface area (Å²) in [6.45, 7) is 0.359. The number of hydrogen-bond donors (Lipinski definition) is 1. The highest BCUT2D eigenvalue weighted by molar-refractivity contribution is 9.10. The lowest BCUT2D eigenvalue weighted by molar-refractivity contribution is 0.451. The molecule has 0 spiro atoms. The number of hydrogen-bond acceptors (Lipinski definition) is 4. The lowest BCUT2D eigenvalue weighted by Gasteiger charge is -2.06. The molecule has 0 aliphatic carbocycles. The minimum absolute atomic E-state index is 0.359. The highest BCUT2D eigenvalue weighted by Crippen LogP contribution is 2.30. The Bertz CT molecular complexity index is 519. The summed E-state index contributed by atoms with van der Waals surface area (Å²) in [6, 6.07) is 8.73. The van der Waals surface area contributed by atoms with E-state index in [2.05, 4.69) is 26.1 Å². The first kappa shape index (κ1) is 12.3. The molecule has 0 saturated carbocycles. The Balaban J connectivity index is 2.19. The molecule has 0 radical (unpaired) electrons. The van der Waals surface area contributed by atoms with E-state index >= 15 is 0 Å². The van der Waals surface area contributed by atoms with Gasteiger partial charge in [0.15, 0.2) is 0 Å². The molecule has 0 aliphatic heterocycles. The van der Waals surface area contributed by atoms with E-state index in [0.717, 1.165) is 4.47 Å². The van der Waals surface area contributed by atoms with Gasteiger partial charge in [0.25, 0.3) is 0 Å². The summed E-state index contributed by atoms with van der Waals surface area (Å²) in [5.74, 6) is 1.04. The normalized spacial score (nSPS) is 10.3. The van der Waals surface area contributed by atoms with Gasteiger partial charge in [-0.3, -0.25) is 0 Å². The van der Waals surface area contributed by atoms with E-state index < -0.39 is 0 Å². The number of benzene rings is 1. The molecule has 1 heterocycles. The van der Waals surface area contributed by atoms with Crippen LogP contribution in [-0.4, -0.2) is 10.2 Å². The molecule has 1 aromatic heterocycles. The third-order valence-electron chi connectivity index (χ3n) is 2.01. The minimum atomic E-state index is 0.359. The molecule has 0 bridgehead atoms. The highest BCUT2D eigenvalue weighted by atomic mass is 79.9. The molecule has 0 aliphatic rings. The molecule has 88 valence electrons. The Hall–Kier alpha value is -1.17. The van der Waals surface area contributed by atoms with Gasteiger partial charge >= 0.3 is 0 Å². The van der Waals surface area contributed by atoms with Crippen LogP contribution >= 0.6 is 27.5 Å². The molecule has 4 nitrogen and oxygen atoms in total. The number of nitrogens with two attached hydrogens (primary N) is 1. The van der Waals surface area contributed by atoms with Crippen LogP contribution in [0.3, 0.4) is 0 Å². The van der Waals surface area contributed by atoms with E-state index in [-0.39, 0.29) is 0 Å². The Kier molecular flexibility index (Phi) is 3.93. The fourth-order valence-electron chi connectivity index (χ4n) is 1.18. The second-order valence-corrected chi connectivity index (χ2v) is 4.53. The summed E-state index contributed by atoms with van der Waals surface area (Å²) >= 11 is 9.19. The van der Waals surface area contributed by atoms with Crippen molar-refractivity contribution in [2.24, 2.45) is 5.73 Å². The molecule has 1 aromatic carbocycles. The predicted molar refractivity (Wildman–Crippen MR) is 69.1 cm³/mol. The molecular formula is C11H9BrClN3O. The van der Waals surface area contributed by atoms with Crippen molar-refractivity contribution in [3.05, 3.63) is 45.5 Å². The quantitative estimate of drug-likeness (QED) is 0.945. The predicted octanol–water partition coefficient (Wildman–Crippen LogP) is 3.14. The van der Waals surface area contributed by atoms with Crippen molar-refractivity contribution in [2.45, 2.75) is 6.54 Å². The van der Waals surface area contributed by atoms with E-state index in [4.69, 9.17) is 22.1 Å². The first-order valence-corrected chi connectivity index (χ1v) is 6.01. The van der Waals surface area contributed by atoms with Gasteiger partial charge in [0.2, 0.25) is 5.88 Å². The van der Waals surface area contributed by atoms with Crippen molar-refractivity contribution in [1.82, 2.24) is 10.2 Å². The Morgan fingerprint density at radius 3 is 2.65 bits per heavy atom. The van der Waals surface area contributed by atoms with Crippen LogP contribution in [0.15, 0.2) is 34.8 Å². The van der Waals surface area contributed by atoms with Gasteiger partial charge in [0.1, 0.15) is 5.75 Å². The van der Waals surface area contributed by atoms with Crippen LogP contribution in [0.25, 0.3) is 0 Å². The topological polar surface area (TPSA) is 61.0 Å². The third kappa shape index (κ3) is 3.15. The largest absolute Gasteiger partial charge is 0.436 e. The van der Waals surface area contributed by atoms with Crippen LogP contribution in [0.2, 0.25) is 5.02 Å². The SMILES string of the molecule is NCc1ccc(Oc2ccc(Cl)cc2Br)nn1. The van der Waals surface area contributed by atoms with Crippen LogP contribution < -0.4 is 10.5 Å². The van der Waals surface area contributed by atoms with Crippen molar-refractivity contribution < 1.29 is 4.74 Å². The molecule has 0 atom stereocenters. The molecule has 2 rings (SSSR count). The van der Waals surface area contributed by atoms with Gasteiger partial charge in [-0.2, -0.15) is 5.10 Å². The number of nitrogens with zero attached hydrogens (tertiary/aromatic N) is 2. The van der Waals surface area contributed by atoms with Crippen LogP contribution in [-0.2, 0) is 6.54 Å². The summed E-state index contributed by atoms with van der Waals surface area (Å²) in [5.41, 5.74) is 6.14. The minimum Gasteiger partial charge on any atom is -0.436 e. The van der Waals surface area contributed by atoms with Gasteiger partial charge in [0, 0.05) is 17.6 Å². The first-order chi connectivity index (χ1) is 8.19. The van der Waals surface area contributed by atoms with Gasteiger partial charge in [-0.05, 0) is 40.2 Å². The molecule has 2 N–H and O–H groups in total. The number of aromatic nitrogens is 2. The van der Waals surface area contributed by atoms with E-state index in [1.54, 1.807) is 30.3 Å². The van der Waals surface area contributed by atoms with E-state index in [1.807, 2.05) is 0 Å². The second-order valence-electron chi connectivity index (χ2n) is 3.24. The van der Waals surface area contributed by atoms with Gasteiger partial charge in [0.05, 0.1) is 10.2 Å². The van der Waals surface area contributed by atoms with Crippen molar-refractivity contribution >= 4 is 27.5 Å². The van der Waals surface area contributed by atoms with E-state index in [1.165, 1.54) is 0 Å². The molecule has 0 amide bonds. The summed E-state index contributed by atoms with van der Waals surface area (Å²) in [5, 5.41) is 8.43. The van der Waals surface area contributed by atoms with Gasteiger partial charge < -0.3 is 10.5 Å². The zero-order valence-corrected chi connectivity index (χ0v) is 11.1. The van der Waals surface area contributed by atoms with Crippen LogP contribution in [0, 0.1) is 0 Å². The summed E-state index contributed by atoms with van der Waals surface area (Å²) < 4.78 is 6.30. The summed E-state index contributed by atoms with van der Waals surface area (Å²) in [7, 11) is 0. The van der Waals surface area contributed by atoms with Crippen molar-refractivity contribution in [2.75, 3.05) is 0 Å². The van der Waals surface area contributed by atoms with Gasteiger partial charge in [-0.15, -0.1) is 5.10 Å². The van der Waals surface area contributed by atoms with Crippen molar-refractivity contribution in [1.29, 1.82) is 0 Å². The molecule has 2 aromatic rings. The summed E-state index contributed by atoms with van der Waals surface area (Å²) in [4.78, 5) is 0. The average molecular weight is 315 g/mol. The fourth-order valence-corrected chi connectivity index (χ4v) is 1.95. The molecule has 17 heavy (non-hydrogen) atoms. The Labute approximate surface area is 112 Å². The van der Waals surface area contributed by atoms with Crippen LogP contribution in [0.5, 0.6) is 11.6 Å². The monoisotopic (exact) mass is 313 g/mol. The van der Waals surface area contributed by atoms with Crippen LogP contribution in [0.4, 0.5) is 0 Å². The number of ether oxygens (including phenoxy) is 1. The van der Waals surface area contributed by atoms with E-state index in [9.17, 15) is 0 Å². The summed E-state index contributed by atoms with van der Waals surface area (Å²) in [6.07, 6.45) is 0. The van der Waals surface area contributed by atoms with Crippen molar-refractivity contribution in [3.63, 3.8) is 0 Å². The smallest absolute Gasteiger partial charge is 0.238 e. The highest BCUT2D eigenvalue weighted by Gasteiger charge is 2.04.